The van der Waals surface area contributed by atoms with Crippen molar-refractivity contribution in [3.05, 3.63) is 0 Å². The Morgan fingerprint density at radius 2 is 1.29 bits per heavy atom. The first kappa shape index (κ1) is 15.6. The molecule has 0 aromatic heterocycles. The predicted octanol–water partition coefficient (Wildman–Crippen LogP) is 5.77. The summed E-state index contributed by atoms with van der Waals surface area (Å²) in [4.78, 5) is 11.7. The minimum Gasteiger partial charge on any atom is -0.300 e. The van der Waals surface area contributed by atoms with Gasteiger partial charge in [0.25, 0.3) is 0 Å². The molecule has 0 spiro atoms. The van der Waals surface area contributed by atoms with E-state index < -0.39 is 0 Å². The van der Waals surface area contributed by atoms with Crippen LogP contribution in [-0.4, -0.2) is 5.78 Å². The second-order valence-corrected chi connectivity index (χ2v) is 8.26. The fourth-order valence-electron chi connectivity index (χ4n) is 5.62. The summed E-state index contributed by atoms with van der Waals surface area (Å²) >= 11 is 0. The van der Waals surface area contributed by atoms with Crippen LogP contribution in [0, 0.1) is 29.6 Å². The second kappa shape index (κ2) is 7.29. The van der Waals surface area contributed by atoms with E-state index in [2.05, 4.69) is 6.92 Å². The van der Waals surface area contributed by atoms with Crippen molar-refractivity contribution in [3.8, 4) is 0 Å². The molecule has 1 heteroatoms. The Labute approximate surface area is 131 Å². The van der Waals surface area contributed by atoms with Gasteiger partial charge in [0.05, 0.1) is 0 Å². The molecule has 0 N–H and O–H groups in total. The van der Waals surface area contributed by atoms with Crippen LogP contribution in [0.3, 0.4) is 0 Å². The highest BCUT2D eigenvalue weighted by Gasteiger charge is 2.34. The van der Waals surface area contributed by atoms with E-state index in [9.17, 15) is 4.79 Å². The first-order chi connectivity index (χ1) is 10.3. The average Bonchev–Trinajstić information content (AvgIpc) is 2.55. The largest absolute Gasteiger partial charge is 0.300 e. The molecule has 0 amide bonds. The summed E-state index contributed by atoms with van der Waals surface area (Å²) in [7, 11) is 0. The van der Waals surface area contributed by atoms with Crippen LogP contribution in [0.1, 0.15) is 90.4 Å². The van der Waals surface area contributed by atoms with E-state index in [0.717, 1.165) is 42.4 Å². The van der Waals surface area contributed by atoms with Gasteiger partial charge in [-0.3, -0.25) is 4.79 Å². The molecule has 0 radical (unpaired) electrons. The fourth-order valence-corrected chi connectivity index (χ4v) is 5.62. The van der Waals surface area contributed by atoms with E-state index in [-0.39, 0.29) is 0 Å². The molecule has 3 aliphatic carbocycles. The summed E-state index contributed by atoms with van der Waals surface area (Å²) in [6, 6.07) is 0. The average molecular weight is 290 g/mol. The number of hydrogen-bond donors (Lipinski definition) is 0. The van der Waals surface area contributed by atoms with E-state index in [1.165, 1.54) is 70.6 Å². The number of ketones is 1. The molecular formula is C20H34O. The van der Waals surface area contributed by atoms with Crippen LogP contribution in [0.2, 0.25) is 0 Å². The number of hydrogen-bond acceptors (Lipinski definition) is 1. The van der Waals surface area contributed by atoms with Gasteiger partial charge in [0.1, 0.15) is 5.78 Å². The summed E-state index contributed by atoms with van der Waals surface area (Å²) in [6.45, 7) is 2.36. The van der Waals surface area contributed by atoms with Crippen LogP contribution in [0.25, 0.3) is 0 Å². The molecule has 1 nitrogen and oxygen atoms in total. The predicted molar refractivity (Wildman–Crippen MR) is 88.2 cm³/mol. The topological polar surface area (TPSA) is 17.1 Å². The Balaban J connectivity index is 1.44. The van der Waals surface area contributed by atoms with E-state index in [4.69, 9.17) is 0 Å². The smallest absolute Gasteiger partial charge is 0.133 e. The molecule has 1 atom stereocenters. The van der Waals surface area contributed by atoms with E-state index in [1.807, 2.05) is 0 Å². The van der Waals surface area contributed by atoms with E-state index >= 15 is 0 Å². The maximum Gasteiger partial charge on any atom is 0.133 e. The lowest BCUT2D eigenvalue weighted by molar-refractivity contribution is -0.122. The maximum absolute atomic E-state index is 11.7. The Kier molecular flexibility index (Phi) is 5.40. The SMILES string of the molecule is CC[C@H]1CC[C@H]([C@H]2CC[C@H](C3CCCC(=O)C3)CC2)CC1. The van der Waals surface area contributed by atoms with Crippen LogP contribution in [-0.2, 0) is 4.79 Å². The summed E-state index contributed by atoms with van der Waals surface area (Å²) in [5, 5.41) is 0. The van der Waals surface area contributed by atoms with Gasteiger partial charge in [-0.05, 0) is 81.0 Å². The monoisotopic (exact) mass is 290 g/mol. The molecule has 1 unspecified atom stereocenters. The van der Waals surface area contributed by atoms with Crippen molar-refractivity contribution in [2.45, 2.75) is 90.4 Å². The third-order valence-corrected chi connectivity index (χ3v) is 7.14. The van der Waals surface area contributed by atoms with Crippen molar-refractivity contribution in [2.24, 2.45) is 29.6 Å². The van der Waals surface area contributed by atoms with Crippen molar-refractivity contribution in [1.82, 2.24) is 0 Å². The highest BCUT2D eigenvalue weighted by atomic mass is 16.1. The summed E-state index contributed by atoms with van der Waals surface area (Å²) in [5.41, 5.74) is 0. The summed E-state index contributed by atoms with van der Waals surface area (Å²) in [6.07, 6.45) is 17.5. The zero-order valence-electron chi connectivity index (χ0n) is 14.0. The minimum atomic E-state index is 0.547. The molecule has 0 aromatic rings. The van der Waals surface area contributed by atoms with Gasteiger partial charge in [-0.2, -0.15) is 0 Å². The normalized spacial score (nSPS) is 42.0. The molecular weight excluding hydrogens is 256 g/mol. The third kappa shape index (κ3) is 3.90. The van der Waals surface area contributed by atoms with Crippen molar-refractivity contribution >= 4 is 5.78 Å². The molecule has 3 rings (SSSR count). The minimum absolute atomic E-state index is 0.547. The number of carbonyl (C=O) groups excluding carboxylic acids is 1. The summed E-state index contributed by atoms with van der Waals surface area (Å²) in [5.74, 6) is 5.29. The standard InChI is InChI=1S/C20H34O/c1-2-15-6-8-16(9-7-15)17-10-12-18(13-11-17)19-4-3-5-20(21)14-19/h15-19H,2-14H2,1H3/t15-,16-,17-,18-,19?. The molecule has 120 valence electrons. The molecule has 0 aromatic carbocycles. The highest BCUT2D eigenvalue weighted by Crippen LogP contribution is 2.45. The molecule has 3 fully saturated rings. The molecule has 3 aliphatic rings. The molecule has 0 heterocycles. The van der Waals surface area contributed by atoms with Gasteiger partial charge >= 0.3 is 0 Å². The van der Waals surface area contributed by atoms with Crippen LogP contribution in [0.15, 0.2) is 0 Å². The van der Waals surface area contributed by atoms with Crippen LogP contribution in [0.5, 0.6) is 0 Å². The molecule has 3 saturated carbocycles. The van der Waals surface area contributed by atoms with E-state index in [1.54, 1.807) is 0 Å². The second-order valence-electron chi connectivity index (χ2n) is 8.26. The van der Waals surface area contributed by atoms with Crippen molar-refractivity contribution in [3.63, 3.8) is 0 Å². The first-order valence-corrected chi connectivity index (χ1v) is 9.78. The van der Waals surface area contributed by atoms with Crippen LogP contribution in [0.4, 0.5) is 0 Å². The van der Waals surface area contributed by atoms with Crippen molar-refractivity contribution < 1.29 is 4.79 Å². The third-order valence-electron chi connectivity index (χ3n) is 7.14. The quantitative estimate of drug-likeness (QED) is 0.645. The number of Topliss-reactive ketones (excluding diaryl/α,β-unsaturated/α-hetero) is 1. The van der Waals surface area contributed by atoms with Gasteiger partial charge in [-0.25, -0.2) is 0 Å². The highest BCUT2D eigenvalue weighted by molar-refractivity contribution is 5.79. The zero-order chi connectivity index (χ0) is 14.7. The van der Waals surface area contributed by atoms with Gasteiger partial charge in [0, 0.05) is 12.8 Å². The molecule has 0 aliphatic heterocycles. The van der Waals surface area contributed by atoms with Gasteiger partial charge < -0.3 is 0 Å². The Morgan fingerprint density at radius 3 is 1.81 bits per heavy atom. The fraction of sp³-hybridized carbons (Fsp3) is 0.950. The molecule has 0 saturated heterocycles. The van der Waals surface area contributed by atoms with Crippen LogP contribution < -0.4 is 0 Å². The molecule has 0 bridgehead atoms. The Morgan fingerprint density at radius 1 is 0.762 bits per heavy atom. The van der Waals surface area contributed by atoms with Gasteiger partial charge in [0.15, 0.2) is 0 Å². The van der Waals surface area contributed by atoms with Gasteiger partial charge in [-0.15, -0.1) is 0 Å². The van der Waals surface area contributed by atoms with E-state index in [0.29, 0.717) is 5.78 Å². The van der Waals surface area contributed by atoms with Crippen LogP contribution >= 0.6 is 0 Å². The van der Waals surface area contributed by atoms with Crippen molar-refractivity contribution in [2.75, 3.05) is 0 Å². The Bertz CT molecular complexity index is 332. The van der Waals surface area contributed by atoms with Crippen molar-refractivity contribution in [1.29, 1.82) is 0 Å². The number of carbonyl (C=O) groups is 1. The number of rotatable bonds is 3. The maximum atomic E-state index is 11.7. The lowest BCUT2D eigenvalue weighted by Crippen LogP contribution is -2.30. The van der Waals surface area contributed by atoms with Gasteiger partial charge in [-0.1, -0.05) is 26.2 Å². The lowest BCUT2D eigenvalue weighted by atomic mass is 9.65. The first-order valence-electron chi connectivity index (χ1n) is 9.78. The summed E-state index contributed by atoms with van der Waals surface area (Å²) < 4.78 is 0. The Hall–Kier alpha value is -0.330. The zero-order valence-corrected chi connectivity index (χ0v) is 14.0. The molecule has 21 heavy (non-hydrogen) atoms. The van der Waals surface area contributed by atoms with Gasteiger partial charge in [0.2, 0.25) is 0 Å². The lowest BCUT2D eigenvalue weighted by Gasteiger charge is -2.40.